The lowest BCUT2D eigenvalue weighted by molar-refractivity contribution is -0.136. The van der Waals surface area contributed by atoms with Crippen molar-refractivity contribution in [2.24, 2.45) is 22.6 Å². The minimum Gasteiger partial charge on any atom is -0.393 e. The van der Waals surface area contributed by atoms with E-state index in [1.165, 1.54) is 49.9 Å². The number of amides is 12. The molecular formula is C57H85N15O14S2. The smallest absolute Gasteiger partial charge is 0.245 e. The third-order valence-corrected chi connectivity index (χ3v) is 15.0. The maximum atomic E-state index is 14.6. The van der Waals surface area contributed by atoms with Crippen molar-refractivity contribution in [1.29, 1.82) is 0 Å². The summed E-state index contributed by atoms with van der Waals surface area (Å²) >= 11 is 2.90. The number of nitrogens with one attached hydrogen (secondary N) is 11. The second-order valence-corrected chi connectivity index (χ2v) is 23.9. The second kappa shape index (κ2) is 38.2. The van der Waals surface area contributed by atoms with Gasteiger partial charge in [0.25, 0.3) is 0 Å². The molecule has 12 amide bonds. The van der Waals surface area contributed by atoms with Gasteiger partial charge in [-0.05, 0) is 47.9 Å². The number of aliphatic hydroxyl groups excluding tert-OH is 2. The first-order valence-electron chi connectivity index (χ1n) is 28.4. The molecule has 1 unspecified atom stereocenters. The van der Waals surface area contributed by atoms with Gasteiger partial charge in [0.05, 0.1) is 51.1 Å². The van der Waals surface area contributed by atoms with Crippen molar-refractivity contribution in [3.63, 3.8) is 0 Å². The van der Waals surface area contributed by atoms with Crippen molar-refractivity contribution < 1.29 is 67.7 Å². The van der Waals surface area contributed by atoms with Gasteiger partial charge in [0.15, 0.2) is 0 Å². The average Bonchev–Trinajstić information content (AvgIpc) is 4.12. The summed E-state index contributed by atoms with van der Waals surface area (Å²) in [5, 5.41) is 45.2. The number of aromatic nitrogens is 2. The molecule has 0 spiro atoms. The SMILES string of the molecule is CCC[C@H](NC(=O)CNC(=O)[C@@H](NC(=O)[C@H](Cc1cnc[nH]1)NC(=O)[C@H](Cc1ccc(CN)cc1)NC(=O)C(NC(=O)CCSCc1cccc(CSC[C@H](NC(=O)C[C@@H](C)O)C(N)=O)c1)C(C)(C)C)[C@@H](C)O)C(=O)NCC(=O)NCC(=O)NCC(N)=O. The first-order valence-corrected chi connectivity index (χ1v) is 30.7. The molecule has 0 saturated carbocycles. The van der Waals surface area contributed by atoms with E-state index >= 15 is 0 Å². The van der Waals surface area contributed by atoms with Crippen LogP contribution in [0.15, 0.2) is 61.1 Å². The minimum atomic E-state index is -1.71. The lowest BCUT2D eigenvalue weighted by Crippen LogP contribution is -2.61. The van der Waals surface area contributed by atoms with Gasteiger partial charge in [-0.2, -0.15) is 23.5 Å². The number of aliphatic hydroxyl groups is 2. The average molecular weight is 1270 g/mol. The summed E-state index contributed by atoms with van der Waals surface area (Å²) in [5.74, 6) is -7.32. The standard InChI is InChI=1S/C57H85N15O14S2/c1-7-9-39(52(82)64-26-47(79)63-25-46(78)62-24-43(59)75)67-48(80)27-65-55(85)49(33(3)74)72-54(84)41(21-38-23-61-31-66-38)69-53(83)40(20-34-12-14-35(22-58)15-13-34)70-56(86)50(57(4,5)6)71-44(76)16-17-87-28-36-10-8-11-37(19-36)29-88-30-42(51(60)81)68-45(77)18-32(2)73/h8,10-15,19,23,31-33,39-42,49-50,73-74H,7,9,16-18,20-22,24-30,58H2,1-6H3,(H2,59,75)(H2,60,81)(H,61,66)(H,62,78)(H,63,79)(H,64,82)(H,65,85)(H,67,80)(H,68,77)(H,69,83)(H,70,86)(H,71,76)(H,72,84)/t32-,33-,39+,40+,41+,42+,49+,50?/m1/s1. The predicted octanol–water partition coefficient (Wildman–Crippen LogP) is -3.45. The highest BCUT2D eigenvalue weighted by molar-refractivity contribution is 7.98. The van der Waals surface area contributed by atoms with Gasteiger partial charge in [0.1, 0.15) is 36.3 Å². The molecule has 2 aromatic carbocycles. The topological polar surface area (TPSA) is 472 Å². The van der Waals surface area contributed by atoms with Crippen LogP contribution in [0.1, 0.15) is 95.2 Å². The fraction of sp³-hybridized carbons (Fsp3) is 0.526. The lowest BCUT2D eigenvalue weighted by Gasteiger charge is -2.32. The molecule has 1 heterocycles. The van der Waals surface area contributed by atoms with Gasteiger partial charge in [-0.25, -0.2) is 4.98 Å². The van der Waals surface area contributed by atoms with Gasteiger partial charge in [0.2, 0.25) is 70.9 Å². The van der Waals surface area contributed by atoms with Crippen LogP contribution in [0.5, 0.6) is 0 Å². The highest BCUT2D eigenvalue weighted by atomic mass is 32.2. The Morgan fingerprint density at radius 1 is 0.602 bits per heavy atom. The van der Waals surface area contributed by atoms with E-state index in [-0.39, 0.29) is 44.4 Å². The minimum absolute atomic E-state index is 0.0336. The van der Waals surface area contributed by atoms with Crippen LogP contribution in [-0.4, -0.2) is 177 Å². The van der Waals surface area contributed by atoms with Gasteiger partial charge in [-0.15, -0.1) is 0 Å². The van der Waals surface area contributed by atoms with Crippen LogP contribution in [0.25, 0.3) is 0 Å². The van der Waals surface area contributed by atoms with Gasteiger partial charge < -0.3 is 85.6 Å². The maximum Gasteiger partial charge on any atom is 0.245 e. The lowest BCUT2D eigenvalue weighted by atomic mass is 9.85. The quantitative estimate of drug-likeness (QED) is 0.0247. The van der Waals surface area contributed by atoms with E-state index in [0.29, 0.717) is 34.9 Å². The zero-order chi connectivity index (χ0) is 65.5. The van der Waals surface area contributed by atoms with E-state index in [0.717, 1.165) is 16.7 Å². The van der Waals surface area contributed by atoms with Crippen LogP contribution in [0, 0.1) is 5.41 Å². The number of thioether (sulfide) groups is 2. The molecule has 0 aliphatic heterocycles. The molecule has 0 fully saturated rings. The fourth-order valence-electron chi connectivity index (χ4n) is 8.21. The molecule has 0 saturated heterocycles. The summed E-state index contributed by atoms with van der Waals surface area (Å²) in [6.07, 6.45) is 0.353. The Balaban J connectivity index is 1.70. The van der Waals surface area contributed by atoms with Crippen molar-refractivity contribution in [2.75, 3.05) is 37.7 Å². The number of hydrogen-bond donors (Lipinski definition) is 16. The number of hydrogen-bond acceptors (Lipinski definition) is 18. The largest absolute Gasteiger partial charge is 0.393 e. The first-order chi connectivity index (χ1) is 41.6. The summed E-state index contributed by atoms with van der Waals surface area (Å²) < 4.78 is 0. The Morgan fingerprint density at radius 2 is 1.17 bits per heavy atom. The van der Waals surface area contributed by atoms with Gasteiger partial charge in [-0.1, -0.05) is 82.6 Å². The van der Waals surface area contributed by atoms with Crippen LogP contribution >= 0.6 is 23.5 Å². The molecule has 3 rings (SSSR count). The number of nitrogens with two attached hydrogens (primary N) is 3. The van der Waals surface area contributed by atoms with Crippen molar-refractivity contribution >= 4 is 94.4 Å². The number of carbonyl (C=O) groups excluding carboxylic acids is 12. The molecule has 484 valence electrons. The predicted molar refractivity (Wildman–Crippen MR) is 328 cm³/mol. The van der Waals surface area contributed by atoms with Crippen molar-refractivity contribution in [1.82, 2.24) is 63.1 Å². The molecule has 31 heteroatoms. The second-order valence-electron chi connectivity index (χ2n) is 21.8. The van der Waals surface area contributed by atoms with Gasteiger partial charge >= 0.3 is 0 Å². The number of carbonyl (C=O) groups is 12. The van der Waals surface area contributed by atoms with Crippen LogP contribution < -0.4 is 70.4 Å². The normalized spacial score (nSPS) is 13.9. The van der Waals surface area contributed by atoms with Crippen molar-refractivity contribution in [3.8, 4) is 0 Å². The fourth-order valence-corrected chi connectivity index (χ4v) is 10.1. The Hall–Kier alpha value is -8.13. The van der Waals surface area contributed by atoms with Crippen molar-refractivity contribution in [2.45, 2.75) is 147 Å². The highest BCUT2D eigenvalue weighted by Crippen LogP contribution is 2.22. The number of rotatable bonds is 39. The summed E-state index contributed by atoms with van der Waals surface area (Å²) in [7, 11) is 0. The summed E-state index contributed by atoms with van der Waals surface area (Å²) in [5.41, 5.74) is 19.1. The Bertz CT molecular complexity index is 2840. The summed E-state index contributed by atoms with van der Waals surface area (Å²) in [6.45, 7) is 7.60. The highest BCUT2D eigenvalue weighted by Gasteiger charge is 2.37. The van der Waals surface area contributed by atoms with Crippen LogP contribution in [0.2, 0.25) is 0 Å². The molecule has 88 heavy (non-hydrogen) atoms. The summed E-state index contributed by atoms with van der Waals surface area (Å²) in [6, 6.07) is 6.89. The van der Waals surface area contributed by atoms with Gasteiger partial charge in [0, 0.05) is 60.7 Å². The molecule has 29 nitrogen and oxygen atoms in total. The number of H-pyrrole nitrogens is 1. The number of nitrogens with zero attached hydrogens (tertiary/aromatic N) is 1. The molecular weight excluding hydrogens is 1180 g/mol. The van der Waals surface area contributed by atoms with E-state index in [9.17, 15) is 67.7 Å². The molecule has 0 bridgehead atoms. The van der Waals surface area contributed by atoms with Gasteiger partial charge in [-0.3, -0.25) is 57.5 Å². The van der Waals surface area contributed by atoms with E-state index in [1.807, 2.05) is 24.3 Å². The Labute approximate surface area is 519 Å². The molecule has 0 radical (unpaired) electrons. The number of imidazole rings is 1. The van der Waals surface area contributed by atoms with E-state index in [1.54, 1.807) is 52.0 Å². The van der Waals surface area contributed by atoms with Crippen LogP contribution in [-0.2, 0) is 88.4 Å². The molecule has 3 aromatic rings. The molecule has 0 aliphatic carbocycles. The molecule has 0 aliphatic rings. The zero-order valence-electron chi connectivity index (χ0n) is 50.3. The maximum absolute atomic E-state index is 14.6. The molecule has 8 atom stereocenters. The first kappa shape index (κ1) is 74.1. The van der Waals surface area contributed by atoms with Crippen LogP contribution in [0.4, 0.5) is 0 Å². The van der Waals surface area contributed by atoms with E-state index in [4.69, 9.17) is 17.2 Å². The third kappa shape index (κ3) is 28.6. The summed E-state index contributed by atoms with van der Waals surface area (Å²) in [4.78, 5) is 162. The Kier molecular flexibility index (Phi) is 32.2. The molecule has 1 aromatic heterocycles. The zero-order valence-corrected chi connectivity index (χ0v) is 51.9. The molecule has 19 N–H and O–H groups in total. The number of benzene rings is 2. The van der Waals surface area contributed by atoms with E-state index < -0.39 is 151 Å². The number of aromatic amines is 1. The van der Waals surface area contributed by atoms with E-state index in [2.05, 4.69) is 63.1 Å². The monoisotopic (exact) mass is 1270 g/mol. The third-order valence-electron chi connectivity index (χ3n) is 12.9. The Morgan fingerprint density at radius 3 is 1.75 bits per heavy atom. The number of primary amides is 2. The van der Waals surface area contributed by atoms with Crippen LogP contribution in [0.3, 0.4) is 0 Å². The van der Waals surface area contributed by atoms with Crippen molar-refractivity contribution in [3.05, 3.63) is 89.0 Å².